The van der Waals surface area contributed by atoms with Crippen molar-refractivity contribution in [2.75, 3.05) is 5.32 Å². The Kier molecular flexibility index (Phi) is 5.51. The maximum absolute atomic E-state index is 13.5. The number of hydrogen-bond acceptors (Lipinski definition) is 3. The summed E-state index contributed by atoms with van der Waals surface area (Å²) in [4.78, 5) is 27.9. The van der Waals surface area contributed by atoms with Crippen molar-refractivity contribution in [1.82, 2.24) is 10.3 Å². The molecule has 0 aliphatic rings. The number of carbonyl (C=O) groups is 2. The van der Waals surface area contributed by atoms with E-state index in [-0.39, 0.29) is 23.0 Å². The third kappa shape index (κ3) is 4.76. The quantitative estimate of drug-likeness (QED) is 0.869. The van der Waals surface area contributed by atoms with E-state index in [1.54, 1.807) is 18.3 Å². The normalized spacial score (nSPS) is 11.0. The monoisotopic (exact) mass is 349 g/mol. The molecule has 2 aromatic rings. The summed E-state index contributed by atoms with van der Waals surface area (Å²) in [6.45, 7) is 2.58. The number of nitrogens with zero attached hydrogens (tertiary/aromatic N) is 1. The molecule has 0 fully saturated rings. The lowest BCUT2D eigenvalue weighted by molar-refractivity contribution is -0.125. The van der Waals surface area contributed by atoms with Crippen molar-refractivity contribution in [3.8, 4) is 0 Å². The number of carbonyl (C=O) groups excluding carboxylic acids is 2. The summed E-state index contributed by atoms with van der Waals surface area (Å²) in [7, 11) is 0. The van der Waals surface area contributed by atoms with Gasteiger partial charge in [0.1, 0.15) is 0 Å². The molecule has 0 atom stereocenters. The minimum atomic E-state index is -2.01. The topological polar surface area (TPSA) is 71.1 Å². The lowest BCUT2D eigenvalue weighted by Crippen LogP contribution is -2.32. The highest BCUT2D eigenvalue weighted by atomic mass is 35.5. The van der Waals surface area contributed by atoms with E-state index >= 15 is 0 Å². The number of aromatic nitrogens is 1. The van der Waals surface area contributed by atoms with Crippen molar-refractivity contribution >= 4 is 29.1 Å². The van der Waals surface area contributed by atoms with E-state index in [0.717, 1.165) is 19.5 Å². The summed E-state index contributed by atoms with van der Waals surface area (Å²) >= 11 is 6.08. The van der Waals surface area contributed by atoms with Crippen molar-refractivity contribution in [2.45, 2.75) is 26.1 Å². The molecule has 0 aliphatic heterocycles. The molecule has 0 saturated heterocycles. The lowest BCUT2D eigenvalue weighted by atomic mass is 10.1. The molecule has 0 spiro atoms. The van der Waals surface area contributed by atoms with Gasteiger partial charge in [0, 0.05) is 11.9 Å². The summed E-state index contributed by atoms with van der Waals surface area (Å²) in [5.74, 6) is -1.15. The van der Waals surface area contributed by atoms with Crippen LogP contribution < -0.4 is 10.6 Å². The van der Waals surface area contributed by atoms with Gasteiger partial charge in [0.05, 0.1) is 22.8 Å². The van der Waals surface area contributed by atoms with Crippen LogP contribution in [0.3, 0.4) is 0 Å². The molecule has 24 heavy (non-hydrogen) atoms. The maximum Gasteiger partial charge on any atom is 0.261 e. The van der Waals surface area contributed by atoms with Crippen LogP contribution >= 0.6 is 11.6 Å². The predicted octanol–water partition coefficient (Wildman–Crippen LogP) is 3.35. The second-order valence-corrected chi connectivity index (χ2v) is 6.03. The van der Waals surface area contributed by atoms with Gasteiger partial charge in [0.15, 0.2) is 5.67 Å². The van der Waals surface area contributed by atoms with E-state index in [9.17, 15) is 14.0 Å². The van der Waals surface area contributed by atoms with Crippen LogP contribution in [0.2, 0.25) is 5.02 Å². The van der Waals surface area contributed by atoms with Crippen LogP contribution in [-0.2, 0) is 11.3 Å². The Morgan fingerprint density at radius 3 is 2.58 bits per heavy atom. The highest BCUT2D eigenvalue weighted by Crippen LogP contribution is 2.22. The van der Waals surface area contributed by atoms with E-state index in [2.05, 4.69) is 15.6 Å². The zero-order chi connectivity index (χ0) is 17.7. The molecule has 5 nitrogen and oxygen atoms in total. The summed E-state index contributed by atoms with van der Waals surface area (Å²) in [6.07, 6.45) is 1.64. The smallest absolute Gasteiger partial charge is 0.261 e. The van der Waals surface area contributed by atoms with Gasteiger partial charge < -0.3 is 10.6 Å². The zero-order valence-electron chi connectivity index (χ0n) is 13.3. The van der Waals surface area contributed by atoms with E-state index < -0.39 is 11.6 Å². The van der Waals surface area contributed by atoms with E-state index in [0.29, 0.717) is 5.69 Å². The molecule has 0 aliphatic carbocycles. The summed E-state index contributed by atoms with van der Waals surface area (Å²) < 4.78 is 13.5. The second-order valence-electron chi connectivity index (χ2n) is 5.62. The number of anilines is 1. The fraction of sp³-hybridized carbons (Fsp3) is 0.235. The van der Waals surface area contributed by atoms with Gasteiger partial charge >= 0.3 is 0 Å². The molecular weight excluding hydrogens is 333 g/mol. The average Bonchev–Trinajstić information content (AvgIpc) is 2.53. The van der Waals surface area contributed by atoms with Gasteiger partial charge in [0.25, 0.3) is 11.8 Å². The highest BCUT2D eigenvalue weighted by molar-refractivity contribution is 6.34. The minimum Gasteiger partial charge on any atom is -0.346 e. The molecule has 126 valence electrons. The van der Waals surface area contributed by atoms with Crippen molar-refractivity contribution in [3.05, 3.63) is 58.9 Å². The van der Waals surface area contributed by atoms with Crippen LogP contribution in [-0.4, -0.2) is 22.5 Å². The molecule has 0 saturated carbocycles. The highest BCUT2D eigenvalue weighted by Gasteiger charge is 2.26. The zero-order valence-corrected chi connectivity index (χ0v) is 14.0. The molecule has 1 aromatic carbocycles. The standard InChI is InChI=1S/C17H17ClFN3O2/c1-17(2,19)16(24)22-11-6-7-13(14(18)9-11)15(23)21-10-12-5-3-4-8-20-12/h3-9H,10H2,1-2H3,(H,21,23)(H,22,24). The van der Waals surface area contributed by atoms with Gasteiger partial charge in [0.2, 0.25) is 0 Å². The third-order valence-electron chi connectivity index (χ3n) is 3.17. The van der Waals surface area contributed by atoms with Gasteiger partial charge in [-0.05, 0) is 44.2 Å². The molecule has 2 amide bonds. The number of rotatable bonds is 5. The number of pyridine rings is 1. The number of alkyl halides is 1. The van der Waals surface area contributed by atoms with Crippen LogP contribution in [0.4, 0.5) is 10.1 Å². The Morgan fingerprint density at radius 1 is 1.25 bits per heavy atom. The number of halogens is 2. The SMILES string of the molecule is CC(C)(F)C(=O)Nc1ccc(C(=O)NCc2ccccn2)c(Cl)c1. The Morgan fingerprint density at radius 2 is 2.00 bits per heavy atom. The fourth-order valence-corrected chi connectivity index (χ4v) is 2.09. The molecule has 0 unspecified atom stereocenters. The second kappa shape index (κ2) is 7.40. The number of benzene rings is 1. The average molecular weight is 350 g/mol. The number of hydrogen-bond donors (Lipinski definition) is 2. The predicted molar refractivity (Wildman–Crippen MR) is 90.7 cm³/mol. The van der Waals surface area contributed by atoms with Gasteiger partial charge in [-0.3, -0.25) is 14.6 Å². The molecule has 1 heterocycles. The van der Waals surface area contributed by atoms with Crippen molar-refractivity contribution in [2.24, 2.45) is 0 Å². The van der Waals surface area contributed by atoms with Crippen LogP contribution in [0.5, 0.6) is 0 Å². The van der Waals surface area contributed by atoms with Crippen LogP contribution in [0.25, 0.3) is 0 Å². The van der Waals surface area contributed by atoms with Crippen LogP contribution in [0.15, 0.2) is 42.6 Å². The summed E-state index contributed by atoms with van der Waals surface area (Å²) in [5.41, 5.74) is -0.719. The Balaban J connectivity index is 2.03. The first-order valence-corrected chi connectivity index (χ1v) is 7.63. The minimum absolute atomic E-state index is 0.156. The largest absolute Gasteiger partial charge is 0.346 e. The Labute approximate surface area is 144 Å². The number of amides is 2. The Hall–Kier alpha value is -2.47. The Bertz CT molecular complexity index is 745. The first-order valence-electron chi connectivity index (χ1n) is 7.25. The first-order chi connectivity index (χ1) is 11.3. The van der Waals surface area contributed by atoms with Crippen LogP contribution in [0, 0.1) is 0 Å². The third-order valence-corrected chi connectivity index (χ3v) is 3.48. The summed E-state index contributed by atoms with van der Waals surface area (Å²) in [6, 6.07) is 9.77. The lowest BCUT2D eigenvalue weighted by Gasteiger charge is -2.15. The molecule has 0 bridgehead atoms. The van der Waals surface area contributed by atoms with Gasteiger partial charge in [-0.1, -0.05) is 17.7 Å². The van der Waals surface area contributed by atoms with E-state index in [1.165, 1.54) is 18.2 Å². The molecule has 2 rings (SSSR count). The van der Waals surface area contributed by atoms with Gasteiger partial charge in [-0.2, -0.15) is 0 Å². The molecule has 1 aromatic heterocycles. The van der Waals surface area contributed by atoms with E-state index in [1.807, 2.05) is 6.07 Å². The fourth-order valence-electron chi connectivity index (χ4n) is 1.83. The maximum atomic E-state index is 13.5. The van der Waals surface area contributed by atoms with Crippen molar-refractivity contribution in [3.63, 3.8) is 0 Å². The number of nitrogens with one attached hydrogen (secondary N) is 2. The first kappa shape index (κ1) is 17.9. The molecule has 2 N–H and O–H groups in total. The van der Waals surface area contributed by atoms with Gasteiger partial charge in [-0.25, -0.2) is 4.39 Å². The van der Waals surface area contributed by atoms with Gasteiger partial charge in [-0.15, -0.1) is 0 Å². The summed E-state index contributed by atoms with van der Waals surface area (Å²) in [5, 5.41) is 5.27. The molecule has 0 radical (unpaired) electrons. The van der Waals surface area contributed by atoms with Crippen molar-refractivity contribution in [1.29, 1.82) is 0 Å². The van der Waals surface area contributed by atoms with Crippen LogP contribution in [0.1, 0.15) is 29.9 Å². The van der Waals surface area contributed by atoms with Crippen molar-refractivity contribution < 1.29 is 14.0 Å². The van der Waals surface area contributed by atoms with E-state index in [4.69, 9.17) is 11.6 Å². The molecule has 7 heteroatoms. The molecular formula is C17H17ClFN3O2.